The molecule has 2 aliphatic rings. The second-order valence-corrected chi connectivity index (χ2v) is 5.89. The van der Waals surface area contributed by atoms with Crippen molar-refractivity contribution < 1.29 is 27.5 Å². The molecule has 118 valence electrons. The molecule has 0 aliphatic heterocycles. The molecule has 1 atom stereocenters. The zero-order chi connectivity index (χ0) is 14.4. The van der Waals surface area contributed by atoms with Gasteiger partial charge in [0.2, 0.25) is 11.8 Å². The van der Waals surface area contributed by atoms with Gasteiger partial charge < -0.3 is 10.8 Å². The zero-order valence-corrected chi connectivity index (χ0v) is 11.5. The van der Waals surface area contributed by atoms with Gasteiger partial charge in [-0.05, 0) is 24.2 Å². The van der Waals surface area contributed by atoms with E-state index in [1.807, 2.05) is 0 Å². The van der Waals surface area contributed by atoms with Gasteiger partial charge in [0.15, 0.2) is 0 Å². The molecule has 0 spiro atoms. The summed E-state index contributed by atoms with van der Waals surface area (Å²) in [5.74, 6) is -7.90. The quantitative estimate of drug-likeness (QED) is 0.766. The Morgan fingerprint density at radius 1 is 1.10 bits per heavy atom. The third-order valence-electron chi connectivity index (χ3n) is 4.30. The van der Waals surface area contributed by atoms with Crippen LogP contribution >= 0.6 is 12.4 Å². The van der Waals surface area contributed by atoms with Crippen molar-refractivity contribution in [1.82, 2.24) is 0 Å². The Hall–Kier alpha value is -0.560. The maximum absolute atomic E-state index is 12.9. The highest BCUT2D eigenvalue weighted by molar-refractivity contribution is 5.85. The van der Waals surface area contributed by atoms with Crippen LogP contribution in [-0.4, -0.2) is 29.0 Å². The molecular formula is C12H18ClF4NO2. The highest BCUT2D eigenvalue weighted by atomic mass is 35.5. The van der Waals surface area contributed by atoms with Crippen molar-refractivity contribution in [2.24, 2.45) is 23.5 Å². The number of aliphatic carboxylic acids is 1. The van der Waals surface area contributed by atoms with Crippen LogP contribution in [0.15, 0.2) is 0 Å². The molecule has 2 saturated carbocycles. The Balaban J connectivity index is 0.00000200. The largest absolute Gasteiger partial charge is 0.480 e. The number of alkyl halides is 4. The Bertz CT molecular complexity index is 340. The average Bonchev–Trinajstić information content (AvgIpc) is 2.18. The molecule has 0 aromatic carbocycles. The summed E-state index contributed by atoms with van der Waals surface area (Å²) in [5.41, 5.74) is 5.41. The molecule has 2 fully saturated rings. The Morgan fingerprint density at radius 2 is 1.45 bits per heavy atom. The fraction of sp³-hybridized carbons (Fsp3) is 0.917. The zero-order valence-electron chi connectivity index (χ0n) is 10.7. The van der Waals surface area contributed by atoms with Crippen LogP contribution in [0.3, 0.4) is 0 Å². The summed E-state index contributed by atoms with van der Waals surface area (Å²) >= 11 is 0. The molecule has 1 unspecified atom stereocenters. The number of nitrogens with two attached hydrogens (primary N) is 1. The summed E-state index contributed by atoms with van der Waals surface area (Å²) < 4.78 is 51.5. The lowest BCUT2D eigenvalue weighted by atomic mass is 9.60. The van der Waals surface area contributed by atoms with E-state index >= 15 is 0 Å². The van der Waals surface area contributed by atoms with Gasteiger partial charge in [0.1, 0.15) is 6.04 Å². The number of carbonyl (C=O) groups is 1. The van der Waals surface area contributed by atoms with E-state index in [-0.39, 0.29) is 56.3 Å². The van der Waals surface area contributed by atoms with E-state index < -0.39 is 29.8 Å². The molecule has 0 radical (unpaired) electrons. The third-order valence-corrected chi connectivity index (χ3v) is 4.30. The minimum absolute atomic E-state index is 0. The second kappa shape index (κ2) is 5.67. The van der Waals surface area contributed by atoms with E-state index in [0.29, 0.717) is 0 Å². The number of hydrogen-bond acceptors (Lipinski definition) is 2. The fourth-order valence-corrected chi connectivity index (χ4v) is 3.18. The number of carboxylic acid groups (broad SMARTS) is 1. The Morgan fingerprint density at radius 3 is 1.70 bits per heavy atom. The van der Waals surface area contributed by atoms with Crippen LogP contribution in [0, 0.1) is 17.8 Å². The van der Waals surface area contributed by atoms with Crippen LogP contribution in [0.1, 0.15) is 32.1 Å². The minimum atomic E-state index is -2.73. The maximum atomic E-state index is 12.9. The molecule has 2 aliphatic carbocycles. The van der Waals surface area contributed by atoms with Crippen LogP contribution in [0.5, 0.6) is 0 Å². The molecule has 2 rings (SSSR count). The topological polar surface area (TPSA) is 63.3 Å². The smallest absolute Gasteiger partial charge is 0.320 e. The third kappa shape index (κ3) is 3.75. The highest BCUT2D eigenvalue weighted by Gasteiger charge is 2.55. The summed E-state index contributed by atoms with van der Waals surface area (Å²) in [6, 6.07) is -1.17. The van der Waals surface area contributed by atoms with Gasteiger partial charge in [-0.3, -0.25) is 4.79 Å². The lowest BCUT2D eigenvalue weighted by Crippen LogP contribution is -2.50. The minimum Gasteiger partial charge on any atom is -0.480 e. The normalized spacial score (nSPS) is 26.3. The summed E-state index contributed by atoms with van der Waals surface area (Å²) in [7, 11) is 0. The van der Waals surface area contributed by atoms with Crippen LogP contribution in [0.25, 0.3) is 0 Å². The van der Waals surface area contributed by atoms with Crippen molar-refractivity contribution in [2.75, 3.05) is 0 Å². The summed E-state index contributed by atoms with van der Waals surface area (Å²) in [5, 5.41) is 8.76. The molecule has 0 saturated heterocycles. The molecule has 20 heavy (non-hydrogen) atoms. The Labute approximate surface area is 120 Å². The van der Waals surface area contributed by atoms with Gasteiger partial charge in [-0.1, -0.05) is 0 Å². The first kappa shape index (κ1) is 17.5. The predicted molar refractivity (Wildman–Crippen MR) is 66.3 cm³/mol. The first-order valence-electron chi connectivity index (χ1n) is 6.34. The van der Waals surface area contributed by atoms with Crippen LogP contribution in [0.4, 0.5) is 17.6 Å². The molecule has 3 nitrogen and oxygen atoms in total. The number of hydrogen-bond donors (Lipinski definition) is 2. The van der Waals surface area contributed by atoms with Gasteiger partial charge in [0.05, 0.1) is 0 Å². The number of carboxylic acids is 1. The van der Waals surface area contributed by atoms with Gasteiger partial charge in [-0.2, -0.15) is 0 Å². The van der Waals surface area contributed by atoms with Crippen molar-refractivity contribution >= 4 is 18.4 Å². The summed E-state index contributed by atoms with van der Waals surface area (Å²) in [6.07, 6.45) is -1.37. The standard InChI is InChI=1S/C12H17F4NO2.ClH/c13-11(14)2-6(3-11)8(1-9(17)10(18)19)7-4-12(15,16)5-7;/h6-9H,1-5,17H2,(H,18,19);1H. The van der Waals surface area contributed by atoms with Gasteiger partial charge in [-0.25, -0.2) is 17.6 Å². The molecule has 0 amide bonds. The van der Waals surface area contributed by atoms with Gasteiger partial charge in [0, 0.05) is 25.7 Å². The van der Waals surface area contributed by atoms with Gasteiger partial charge in [0.25, 0.3) is 0 Å². The lowest BCUT2D eigenvalue weighted by molar-refractivity contribution is -0.173. The fourth-order valence-electron chi connectivity index (χ4n) is 3.18. The van der Waals surface area contributed by atoms with Crippen LogP contribution < -0.4 is 5.73 Å². The first-order chi connectivity index (χ1) is 8.60. The second-order valence-electron chi connectivity index (χ2n) is 5.89. The SMILES string of the molecule is Cl.NC(CC(C1CC(F)(F)C1)C1CC(F)(F)C1)C(=O)O. The summed E-state index contributed by atoms with van der Waals surface area (Å²) in [4.78, 5) is 10.7. The first-order valence-corrected chi connectivity index (χ1v) is 6.34. The van der Waals surface area contributed by atoms with Crippen molar-refractivity contribution in [3.8, 4) is 0 Å². The van der Waals surface area contributed by atoms with Crippen LogP contribution in [-0.2, 0) is 4.79 Å². The van der Waals surface area contributed by atoms with Crippen molar-refractivity contribution in [1.29, 1.82) is 0 Å². The van der Waals surface area contributed by atoms with Gasteiger partial charge >= 0.3 is 5.97 Å². The summed E-state index contributed by atoms with van der Waals surface area (Å²) in [6.45, 7) is 0. The van der Waals surface area contributed by atoms with Crippen LogP contribution in [0.2, 0.25) is 0 Å². The van der Waals surface area contributed by atoms with Gasteiger partial charge in [-0.15, -0.1) is 12.4 Å². The van der Waals surface area contributed by atoms with Crippen molar-refractivity contribution in [3.05, 3.63) is 0 Å². The molecule has 0 aromatic rings. The molecule has 0 heterocycles. The lowest BCUT2D eigenvalue weighted by Gasteiger charge is -2.48. The van der Waals surface area contributed by atoms with E-state index in [2.05, 4.69) is 0 Å². The van der Waals surface area contributed by atoms with Crippen molar-refractivity contribution in [3.63, 3.8) is 0 Å². The van der Waals surface area contributed by atoms with E-state index in [0.717, 1.165) is 0 Å². The predicted octanol–water partition coefficient (Wildman–Crippen LogP) is 2.92. The highest BCUT2D eigenvalue weighted by Crippen LogP contribution is 2.55. The molecule has 0 aromatic heterocycles. The molecule has 3 N–H and O–H groups in total. The van der Waals surface area contributed by atoms with E-state index in [9.17, 15) is 22.4 Å². The maximum Gasteiger partial charge on any atom is 0.320 e. The molecular weight excluding hydrogens is 302 g/mol. The van der Waals surface area contributed by atoms with Crippen molar-refractivity contribution in [2.45, 2.75) is 50.0 Å². The molecule has 8 heteroatoms. The molecule has 0 bridgehead atoms. The Kier molecular flexibility index (Phi) is 4.96. The number of halogens is 5. The van der Waals surface area contributed by atoms with E-state index in [1.165, 1.54) is 0 Å². The van der Waals surface area contributed by atoms with E-state index in [1.54, 1.807) is 0 Å². The average molecular weight is 320 g/mol. The van der Waals surface area contributed by atoms with E-state index in [4.69, 9.17) is 10.8 Å². The monoisotopic (exact) mass is 319 g/mol. The number of rotatable bonds is 5.